The molecule has 2 aliphatic heterocycles. The predicted octanol–water partition coefficient (Wildman–Crippen LogP) is -0.186. The summed E-state index contributed by atoms with van der Waals surface area (Å²) in [7, 11) is 0. The maximum absolute atomic E-state index is 12.0. The average molecular weight is 277 g/mol. The minimum Gasteiger partial charge on any atom is -0.481 e. The molecule has 1 fully saturated rings. The molecule has 1 saturated heterocycles. The van der Waals surface area contributed by atoms with E-state index in [1.165, 1.54) is 0 Å². The Morgan fingerprint density at radius 3 is 2.85 bits per heavy atom. The summed E-state index contributed by atoms with van der Waals surface area (Å²) < 4.78 is 5.53. The van der Waals surface area contributed by atoms with Gasteiger partial charge in [0.05, 0.1) is 12.3 Å². The number of carbonyl (C=O) groups is 1. The second-order valence-electron chi connectivity index (χ2n) is 4.92. The third-order valence-corrected chi connectivity index (χ3v) is 3.68. The largest absolute Gasteiger partial charge is 0.481 e. The number of benzene rings is 1. The van der Waals surface area contributed by atoms with Crippen molar-refractivity contribution in [2.75, 3.05) is 55.7 Å². The van der Waals surface area contributed by atoms with Crippen molar-refractivity contribution < 1.29 is 14.6 Å². The number of rotatable bonds is 3. The SMILES string of the molecule is O=C1COc2cccc(N3CCNCC3)c2N1CCO. The Kier molecular flexibility index (Phi) is 3.75. The van der Waals surface area contributed by atoms with Gasteiger partial charge in [0, 0.05) is 32.7 Å². The Morgan fingerprint density at radius 1 is 1.30 bits per heavy atom. The number of fused-ring (bicyclic) bond motifs is 1. The van der Waals surface area contributed by atoms with Gasteiger partial charge in [0.2, 0.25) is 0 Å². The molecule has 1 aromatic carbocycles. The summed E-state index contributed by atoms with van der Waals surface area (Å²) >= 11 is 0. The lowest BCUT2D eigenvalue weighted by atomic mass is 10.1. The Balaban J connectivity index is 2.00. The maximum atomic E-state index is 12.0. The van der Waals surface area contributed by atoms with Crippen molar-refractivity contribution in [2.45, 2.75) is 0 Å². The van der Waals surface area contributed by atoms with Gasteiger partial charge >= 0.3 is 0 Å². The van der Waals surface area contributed by atoms with Crippen molar-refractivity contribution in [1.82, 2.24) is 5.32 Å². The van der Waals surface area contributed by atoms with Crippen LogP contribution in [0.3, 0.4) is 0 Å². The van der Waals surface area contributed by atoms with Crippen molar-refractivity contribution in [3.05, 3.63) is 18.2 Å². The third kappa shape index (κ3) is 2.32. The first-order valence-corrected chi connectivity index (χ1v) is 6.94. The van der Waals surface area contributed by atoms with Gasteiger partial charge in [0.15, 0.2) is 6.61 Å². The number of anilines is 2. The summed E-state index contributed by atoms with van der Waals surface area (Å²) in [5.41, 5.74) is 1.80. The molecular weight excluding hydrogens is 258 g/mol. The van der Waals surface area contributed by atoms with E-state index in [9.17, 15) is 9.90 Å². The van der Waals surface area contributed by atoms with E-state index in [1.807, 2.05) is 18.2 Å². The fourth-order valence-corrected chi connectivity index (χ4v) is 2.74. The van der Waals surface area contributed by atoms with E-state index >= 15 is 0 Å². The third-order valence-electron chi connectivity index (χ3n) is 3.68. The number of hydrogen-bond acceptors (Lipinski definition) is 5. The lowest BCUT2D eigenvalue weighted by Gasteiger charge is -2.36. The molecule has 0 atom stereocenters. The van der Waals surface area contributed by atoms with E-state index in [-0.39, 0.29) is 19.1 Å². The number of carbonyl (C=O) groups excluding carboxylic acids is 1. The van der Waals surface area contributed by atoms with Crippen molar-refractivity contribution in [1.29, 1.82) is 0 Å². The van der Waals surface area contributed by atoms with Gasteiger partial charge in [-0.3, -0.25) is 4.79 Å². The molecule has 2 aliphatic rings. The van der Waals surface area contributed by atoms with Crippen molar-refractivity contribution >= 4 is 17.3 Å². The Labute approximate surface area is 117 Å². The summed E-state index contributed by atoms with van der Waals surface area (Å²) in [6.07, 6.45) is 0. The molecule has 0 saturated carbocycles. The van der Waals surface area contributed by atoms with Gasteiger partial charge < -0.3 is 25.0 Å². The van der Waals surface area contributed by atoms with Crippen molar-refractivity contribution in [3.8, 4) is 5.75 Å². The molecule has 0 bridgehead atoms. The molecule has 6 heteroatoms. The molecule has 0 radical (unpaired) electrons. The highest BCUT2D eigenvalue weighted by Gasteiger charge is 2.29. The minimum atomic E-state index is -0.103. The highest BCUT2D eigenvalue weighted by atomic mass is 16.5. The fourth-order valence-electron chi connectivity index (χ4n) is 2.74. The van der Waals surface area contributed by atoms with Gasteiger partial charge in [-0.1, -0.05) is 6.07 Å². The molecule has 0 unspecified atom stereocenters. The summed E-state index contributed by atoms with van der Waals surface area (Å²) in [6, 6.07) is 5.83. The molecule has 1 amide bonds. The first-order valence-electron chi connectivity index (χ1n) is 6.94. The molecule has 108 valence electrons. The number of aliphatic hydroxyl groups is 1. The molecular formula is C14H19N3O3. The molecule has 2 N–H and O–H groups in total. The second-order valence-corrected chi connectivity index (χ2v) is 4.92. The topological polar surface area (TPSA) is 65.0 Å². The molecule has 2 heterocycles. The van der Waals surface area contributed by atoms with E-state index in [0.717, 1.165) is 37.6 Å². The number of piperazine rings is 1. The van der Waals surface area contributed by atoms with Gasteiger partial charge in [0.25, 0.3) is 5.91 Å². The lowest BCUT2D eigenvalue weighted by molar-refractivity contribution is -0.121. The first kappa shape index (κ1) is 13.2. The Morgan fingerprint density at radius 2 is 2.10 bits per heavy atom. The zero-order valence-corrected chi connectivity index (χ0v) is 11.3. The first-order chi connectivity index (χ1) is 9.81. The standard InChI is InChI=1S/C14H19N3O3/c18-9-8-17-13(19)10-20-12-3-1-2-11(14(12)17)16-6-4-15-5-7-16/h1-3,15,18H,4-10H2. The van der Waals surface area contributed by atoms with Crippen LogP contribution < -0.4 is 19.9 Å². The van der Waals surface area contributed by atoms with Crippen LogP contribution in [0.1, 0.15) is 0 Å². The molecule has 1 aromatic rings. The van der Waals surface area contributed by atoms with E-state index in [4.69, 9.17) is 4.74 Å². The maximum Gasteiger partial charge on any atom is 0.265 e. The number of amides is 1. The van der Waals surface area contributed by atoms with Crippen LogP contribution in [0, 0.1) is 0 Å². The molecule has 6 nitrogen and oxygen atoms in total. The summed E-state index contributed by atoms with van der Waals surface area (Å²) in [4.78, 5) is 15.9. The normalized spacial score (nSPS) is 18.8. The molecule has 20 heavy (non-hydrogen) atoms. The lowest BCUT2D eigenvalue weighted by Crippen LogP contribution is -2.46. The number of ether oxygens (including phenoxy) is 1. The van der Waals surface area contributed by atoms with Crippen LogP contribution in [0.2, 0.25) is 0 Å². The van der Waals surface area contributed by atoms with E-state index in [0.29, 0.717) is 12.3 Å². The highest BCUT2D eigenvalue weighted by molar-refractivity contribution is 6.01. The number of nitrogens with zero attached hydrogens (tertiary/aromatic N) is 2. The van der Waals surface area contributed by atoms with Crippen LogP contribution in [-0.4, -0.2) is 57.0 Å². The van der Waals surface area contributed by atoms with Gasteiger partial charge in [-0.25, -0.2) is 0 Å². The number of β-amino-alcohol motifs (C(OH)–C–C–N with tert-alkyl or cyclic N) is 1. The Bertz CT molecular complexity index is 500. The second kappa shape index (κ2) is 5.68. The van der Waals surface area contributed by atoms with Gasteiger partial charge in [-0.2, -0.15) is 0 Å². The number of nitrogens with one attached hydrogen (secondary N) is 1. The van der Waals surface area contributed by atoms with Gasteiger partial charge in [-0.05, 0) is 12.1 Å². The van der Waals surface area contributed by atoms with E-state index < -0.39 is 0 Å². The highest BCUT2D eigenvalue weighted by Crippen LogP contribution is 2.40. The van der Waals surface area contributed by atoms with Crippen LogP contribution >= 0.6 is 0 Å². The summed E-state index contributed by atoms with van der Waals surface area (Å²) in [5, 5.41) is 12.5. The van der Waals surface area contributed by atoms with E-state index in [1.54, 1.807) is 4.90 Å². The smallest absolute Gasteiger partial charge is 0.265 e. The quantitative estimate of drug-likeness (QED) is 0.802. The zero-order valence-electron chi connectivity index (χ0n) is 11.3. The fraction of sp³-hybridized carbons (Fsp3) is 0.500. The summed E-state index contributed by atoms with van der Waals surface area (Å²) in [6.45, 7) is 3.95. The number of para-hydroxylation sites is 1. The van der Waals surface area contributed by atoms with E-state index in [2.05, 4.69) is 10.2 Å². The van der Waals surface area contributed by atoms with Crippen LogP contribution in [0.25, 0.3) is 0 Å². The molecule has 0 aliphatic carbocycles. The van der Waals surface area contributed by atoms with Crippen molar-refractivity contribution in [2.24, 2.45) is 0 Å². The van der Waals surface area contributed by atoms with Crippen LogP contribution in [-0.2, 0) is 4.79 Å². The molecule has 0 aromatic heterocycles. The monoisotopic (exact) mass is 277 g/mol. The van der Waals surface area contributed by atoms with Gasteiger partial charge in [0.1, 0.15) is 11.4 Å². The van der Waals surface area contributed by atoms with Crippen LogP contribution in [0.5, 0.6) is 5.75 Å². The predicted molar refractivity (Wildman–Crippen MR) is 76.5 cm³/mol. The van der Waals surface area contributed by atoms with Crippen molar-refractivity contribution in [3.63, 3.8) is 0 Å². The molecule has 3 rings (SSSR count). The zero-order chi connectivity index (χ0) is 13.9. The van der Waals surface area contributed by atoms with Crippen LogP contribution in [0.4, 0.5) is 11.4 Å². The number of hydrogen-bond donors (Lipinski definition) is 2. The van der Waals surface area contributed by atoms with Crippen LogP contribution in [0.15, 0.2) is 18.2 Å². The Hall–Kier alpha value is -1.79. The van der Waals surface area contributed by atoms with Gasteiger partial charge in [-0.15, -0.1) is 0 Å². The average Bonchev–Trinajstić information content (AvgIpc) is 2.50. The summed E-state index contributed by atoms with van der Waals surface area (Å²) in [5.74, 6) is 0.614. The molecule has 0 spiro atoms. The minimum absolute atomic E-state index is 0.0397. The number of aliphatic hydroxyl groups excluding tert-OH is 1.